The lowest BCUT2D eigenvalue weighted by atomic mass is 9.53. The second-order valence-electron chi connectivity index (χ2n) is 28.7. The summed E-state index contributed by atoms with van der Waals surface area (Å²) in [5.41, 5.74) is 10.2. The van der Waals surface area contributed by atoms with Crippen molar-refractivity contribution in [3.05, 3.63) is 80.5 Å². The van der Waals surface area contributed by atoms with E-state index in [0.29, 0.717) is 57.7 Å². The molecular formula is C69H92BI3O9. The number of fused-ring (bicyclic) bond motifs is 15. The molecule has 3 aromatic heterocycles. The zero-order valence-corrected chi connectivity index (χ0v) is 58.5. The molecule has 3 heterocycles. The minimum atomic E-state index is -0.394. The average molecular weight is 1460 g/mol. The maximum Gasteiger partial charge on any atom is 0.355 e. The van der Waals surface area contributed by atoms with Gasteiger partial charge in [0.05, 0.1) is 19.8 Å². The first-order valence-electron chi connectivity index (χ1n) is 30.6. The Hall–Kier alpha value is -2.93. The lowest BCUT2D eigenvalue weighted by Crippen LogP contribution is -2.44. The van der Waals surface area contributed by atoms with E-state index in [2.05, 4.69) is 175 Å². The van der Waals surface area contributed by atoms with Crippen LogP contribution in [-0.4, -0.2) is 37.3 Å². The van der Waals surface area contributed by atoms with Gasteiger partial charge in [-0.3, -0.25) is 9.59 Å². The monoisotopic (exact) mass is 1460 g/mol. The third-order valence-corrected chi connectivity index (χ3v) is 22.3. The van der Waals surface area contributed by atoms with E-state index in [1.165, 1.54) is 92.0 Å². The number of phenols is 2. The van der Waals surface area contributed by atoms with Crippen molar-refractivity contribution < 1.29 is 42.5 Å². The van der Waals surface area contributed by atoms with Gasteiger partial charge >= 0.3 is 0.282 Å². The molecule has 0 saturated heterocycles. The summed E-state index contributed by atoms with van der Waals surface area (Å²) in [5, 5.41) is 23.6. The van der Waals surface area contributed by atoms with Crippen molar-refractivity contribution in [1.29, 1.82) is 0 Å². The molecule has 0 bridgehead atoms. The van der Waals surface area contributed by atoms with Crippen molar-refractivity contribution >= 4 is 113 Å². The number of hydrogen-bond donors (Lipinski definition) is 2. The molecule has 0 amide bonds. The fourth-order valence-corrected chi connectivity index (χ4v) is 18.5. The number of rotatable bonds is 4. The topological polar surface area (TPSA) is 132 Å². The Kier molecular flexibility index (Phi) is 18.3. The first-order valence-corrected chi connectivity index (χ1v) is 34.3. The van der Waals surface area contributed by atoms with Crippen molar-refractivity contribution in [2.75, 3.05) is 14.2 Å². The number of aldehydes is 2. The molecule has 13 heteroatoms. The molecule has 3 saturated carbocycles. The molecule has 3 aromatic carbocycles. The summed E-state index contributed by atoms with van der Waals surface area (Å²) in [7, 11) is 3.37. The average Bonchev–Trinajstić information content (AvgIpc) is 4.10. The summed E-state index contributed by atoms with van der Waals surface area (Å²) in [6, 6.07) is 8.17. The van der Waals surface area contributed by atoms with Crippen molar-refractivity contribution in [1.82, 2.24) is 0 Å². The van der Waals surface area contributed by atoms with Crippen LogP contribution in [0.2, 0.25) is 0 Å². The SMILES string of the molecule is COc1c(C)cc2c3c(oc2c1C=O)[C@H](C)CC[C@H]1C(C)(C)CCC[C@]31C.COc1cc2oc3c(c2cc1C)[C@@]1(C)CCCC(C)(C)[C@@H]1CC[C@H]3C.C[C@@H]1CC[C@H]2C(C)(C)CCC[C@]2(C)c2c1oc1c(C=O)c(O)c(O)cc21.IB(I)I. The highest BCUT2D eigenvalue weighted by atomic mass is 127. The molecule has 9 atom stereocenters. The molecule has 3 fully saturated rings. The molecule has 0 aliphatic heterocycles. The molecule has 446 valence electrons. The zero-order valence-electron chi connectivity index (χ0n) is 52.0. The second kappa shape index (κ2) is 23.6. The van der Waals surface area contributed by atoms with Crippen LogP contribution in [0.5, 0.6) is 23.0 Å². The number of phenolic OH excluding ortho intramolecular Hbond substituents is 2. The van der Waals surface area contributed by atoms with Gasteiger partial charge in [0.25, 0.3) is 0 Å². The first-order chi connectivity index (χ1) is 38.5. The second-order valence-corrected chi connectivity index (χ2v) is 39.6. The summed E-state index contributed by atoms with van der Waals surface area (Å²) in [4.78, 5) is 23.5. The van der Waals surface area contributed by atoms with E-state index in [0.717, 1.165) is 94.9 Å². The Bertz CT molecular complexity index is 3380. The van der Waals surface area contributed by atoms with Gasteiger partial charge in [0.15, 0.2) is 24.1 Å². The van der Waals surface area contributed by atoms with Crippen LogP contribution in [0.25, 0.3) is 32.9 Å². The Morgan fingerprint density at radius 2 is 0.902 bits per heavy atom. The van der Waals surface area contributed by atoms with Gasteiger partial charge in [-0.1, -0.05) is 102 Å². The van der Waals surface area contributed by atoms with Gasteiger partial charge in [0.2, 0.25) is 0 Å². The van der Waals surface area contributed by atoms with Crippen LogP contribution in [0.15, 0.2) is 37.5 Å². The Balaban J connectivity index is 0.000000143. The van der Waals surface area contributed by atoms with E-state index < -0.39 is 5.75 Å². The first kappa shape index (κ1) is 63.6. The number of hydrogen-bond acceptors (Lipinski definition) is 9. The molecule has 82 heavy (non-hydrogen) atoms. The van der Waals surface area contributed by atoms with E-state index in [4.69, 9.17) is 22.7 Å². The molecule has 2 N–H and O–H groups in total. The Labute approximate surface area is 529 Å². The lowest BCUT2D eigenvalue weighted by molar-refractivity contribution is 0.0502. The van der Waals surface area contributed by atoms with E-state index in [-0.39, 0.29) is 38.9 Å². The maximum absolute atomic E-state index is 11.9. The van der Waals surface area contributed by atoms with Crippen molar-refractivity contribution in [2.24, 2.45) is 34.0 Å². The molecule has 0 radical (unpaired) electrons. The smallest absolute Gasteiger partial charge is 0.355 e. The standard InChI is InChI=1S/C24H32O3.C23H32O2.C22H28O4.BI3/c1-14-8-9-18-23(3,4)10-7-11-24(18,5)19-16-12-15(2)20(26-6)17(13-25)22(16)27-21(14)19;1-14-8-9-19-22(3,4)10-7-11-23(19,5)20-16-12-15(2)17(24-6)13-18(16)25-21(14)20;1-12-6-7-16-21(2,3)8-5-9-22(16,4)17-13-10-15(24)18(25)14(11-23)20(13)26-19(12)17;2-1(3)4/h12-14,18H,7-11H2,1-6H3;12-14,19H,7-11H2,1-6H3;10-12,16,24-25H,5-9H2,1-4H3;/t14-,18+,24+;14-,19+,23+;12-,16+,22+;/m111./s1. The molecule has 9 nitrogen and oxygen atoms in total. The largest absolute Gasteiger partial charge is 0.504 e. The van der Waals surface area contributed by atoms with Gasteiger partial charge in [-0.05, 0) is 170 Å². The van der Waals surface area contributed by atoms with Crippen LogP contribution in [0.1, 0.15) is 263 Å². The van der Waals surface area contributed by atoms with Crippen molar-refractivity contribution in [3.63, 3.8) is 0 Å². The van der Waals surface area contributed by atoms with E-state index in [1.54, 1.807) is 20.3 Å². The highest BCUT2D eigenvalue weighted by Crippen LogP contribution is 2.63. The molecular weight excluding hydrogens is 1360 g/mol. The number of aromatic hydroxyl groups is 2. The summed E-state index contributed by atoms with van der Waals surface area (Å²) >= 11 is 6.95. The normalized spacial score (nSPS) is 29.3. The van der Waals surface area contributed by atoms with Gasteiger partial charge in [-0.15, -0.1) is 67.1 Å². The number of methoxy groups -OCH3 is 2. The predicted octanol–water partition coefficient (Wildman–Crippen LogP) is 21.2. The van der Waals surface area contributed by atoms with Crippen LogP contribution in [0.4, 0.5) is 0 Å². The van der Waals surface area contributed by atoms with Crippen LogP contribution >= 0.6 is 67.1 Å². The van der Waals surface area contributed by atoms with Gasteiger partial charge in [0, 0.05) is 56.7 Å². The van der Waals surface area contributed by atoms with Crippen LogP contribution < -0.4 is 9.47 Å². The van der Waals surface area contributed by atoms with E-state index in [9.17, 15) is 19.8 Å². The lowest BCUT2D eigenvalue weighted by Gasteiger charge is -2.50. The van der Waals surface area contributed by atoms with E-state index >= 15 is 0 Å². The van der Waals surface area contributed by atoms with Crippen LogP contribution in [0.3, 0.4) is 0 Å². The third kappa shape index (κ3) is 10.9. The highest BCUT2D eigenvalue weighted by Gasteiger charge is 2.54. The number of aryl methyl sites for hydroxylation is 2. The number of halogens is 3. The molecule has 6 aromatic rings. The maximum atomic E-state index is 11.9. The zero-order chi connectivity index (χ0) is 60.0. The number of carbonyl (C=O) groups excluding carboxylic acids is 2. The third-order valence-electron chi connectivity index (χ3n) is 22.3. The summed E-state index contributed by atoms with van der Waals surface area (Å²) in [6.07, 6.45) is 19.7. The van der Waals surface area contributed by atoms with Crippen molar-refractivity contribution in [3.8, 4) is 23.0 Å². The number of carbonyl (C=O) groups is 2. The minimum Gasteiger partial charge on any atom is -0.504 e. The summed E-state index contributed by atoms with van der Waals surface area (Å²) in [6.45, 7) is 32.9. The molecule has 12 rings (SSSR count). The van der Waals surface area contributed by atoms with Gasteiger partial charge in [-0.25, -0.2) is 0 Å². The highest BCUT2D eigenvalue weighted by molar-refractivity contribution is 14.4. The summed E-state index contributed by atoms with van der Waals surface area (Å²) in [5.74, 6) is 7.17. The fraction of sp³-hybridized carbons (Fsp3) is 0.623. The fourth-order valence-electron chi connectivity index (χ4n) is 18.5. The molecule has 0 spiro atoms. The van der Waals surface area contributed by atoms with Crippen molar-refractivity contribution in [2.45, 2.75) is 227 Å². The Morgan fingerprint density at radius 3 is 1.30 bits per heavy atom. The molecule has 6 aliphatic rings. The number of furan rings is 3. The quantitative estimate of drug-likeness (QED) is 0.0766. The molecule has 0 unspecified atom stereocenters. The van der Waals surface area contributed by atoms with Crippen LogP contribution in [0, 0.1) is 47.8 Å². The van der Waals surface area contributed by atoms with Gasteiger partial charge in [-0.2, -0.15) is 0 Å². The van der Waals surface area contributed by atoms with Gasteiger partial charge in [0.1, 0.15) is 51.1 Å². The Morgan fingerprint density at radius 1 is 0.524 bits per heavy atom. The van der Waals surface area contributed by atoms with Gasteiger partial charge < -0.3 is 32.9 Å². The summed E-state index contributed by atoms with van der Waals surface area (Å²) < 4.78 is 31.0. The molecule has 6 aliphatic carbocycles. The predicted molar refractivity (Wildman–Crippen MR) is 362 cm³/mol. The minimum absolute atomic E-state index is 0.0514. The number of ether oxygens (including phenoxy) is 2. The van der Waals surface area contributed by atoms with E-state index in [1.807, 2.05) is 6.92 Å². The van der Waals surface area contributed by atoms with Crippen LogP contribution in [-0.2, 0) is 16.2 Å². The number of benzene rings is 3.